The van der Waals surface area contributed by atoms with E-state index < -0.39 is 37.2 Å². The van der Waals surface area contributed by atoms with Gasteiger partial charge in [-0.25, -0.2) is 0 Å². The van der Waals surface area contributed by atoms with Gasteiger partial charge in [-0.1, -0.05) is 0 Å². The predicted molar refractivity (Wildman–Crippen MR) is 9.35 cm³/mol. The summed E-state index contributed by atoms with van der Waals surface area (Å²) >= 11 is -8.17. The van der Waals surface area contributed by atoms with Gasteiger partial charge >= 0.3 is 134 Å². The van der Waals surface area contributed by atoms with Crippen LogP contribution in [0.3, 0.4) is 0 Å². The molecule has 0 atom stereocenters. The molecule has 0 N–H and O–H groups in total. The maximum atomic E-state index is 8.58. The van der Waals surface area contributed by atoms with E-state index >= 15 is 0 Å². The van der Waals surface area contributed by atoms with E-state index in [0.29, 0.717) is 0 Å². The Morgan fingerprint density at radius 3 is 0.900 bits per heavy atom. The van der Waals surface area contributed by atoms with E-state index in [1.807, 2.05) is 0 Å². The summed E-state index contributed by atoms with van der Waals surface area (Å²) in [5, 5.41) is 0. The third kappa shape index (κ3) is 109. The third-order valence-electron chi connectivity index (χ3n) is 0. The van der Waals surface area contributed by atoms with Gasteiger partial charge in [0, 0.05) is 0 Å². The number of hydrogen-bond donors (Lipinski definition) is 0. The van der Waals surface area contributed by atoms with Gasteiger partial charge in [0.05, 0.1) is 0 Å². The topological polar surface area (TPSA) is 126 Å². The molecule has 0 fully saturated rings. The van der Waals surface area contributed by atoms with Crippen molar-refractivity contribution >= 4 is 48.9 Å². The molecule has 0 rings (SSSR count). The fourth-order valence-corrected chi connectivity index (χ4v) is 0. The largest absolute Gasteiger partial charge is 4.00 e. The minimum Gasteiger partial charge on any atom is 4.00 e. The molecule has 0 spiro atoms. The van der Waals surface area contributed by atoms with Gasteiger partial charge in [0.2, 0.25) is 0 Å². The van der Waals surface area contributed by atoms with Crippen LogP contribution in [0.1, 0.15) is 2.85 Å². The molecule has 0 radical (unpaired) electrons. The van der Waals surface area contributed by atoms with Gasteiger partial charge in [0.1, 0.15) is 0 Å². The number of rotatable bonds is 0. The first-order valence-electron chi connectivity index (χ1n) is 1.22. The normalized spacial score (nSPS) is 5.20. The zero-order valence-corrected chi connectivity index (χ0v) is 14.7. The van der Waals surface area contributed by atoms with Gasteiger partial charge in [-0.2, -0.15) is 0 Å². The van der Waals surface area contributed by atoms with Crippen molar-refractivity contribution in [1.29, 1.82) is 0 Å². The third-order valence-corrected chi connectivity index (χ3v) is 0. The van der Waals surface area contributed by atoms with Crippen LogP contribution in [0.4, 0.5) is 0 Å². The summed E-state index contributed by atoms with van der Waals surface area (Å²) < 4.78 is 51.5. The van der Waals surface area contributed by atoms with Crippen molar-refractivity contribution < 1.29 is 87.7 Å². The van der Waals surface area contributed by atoms with Crippen molar-refractivity contribution in [3.8, 4) is 0 Å². The molecular formula is H2BaO6Ti2Zr. The molecule has 0 aromatic heterocycles. The zero-order valence-electron chi connectivity index (χ0n) is 6.66. The Bertz CT molecular complexity index is 81.5. The summed E-state index contributed by atoms with van der Waals surface area (Å²) in [5.41, 5.74) is 0. The van der Waals surface area contributed by atoms with Crippen LogP contribution < -0.4 is 14.8 Å². The Morgan fingerprint density at radius 2 is 0.900 bits per heavy atom. The average molecular weight is 422 g/mol. The summed E-state index contributed by atoms with van der Waals surface area (Å²) in [7, 11) is 0. The van der Waals surface area contributed by atoms with Crippen LogP contribution in [0, 0.1) is 0 Å². The minimum absolute atomic E-state index is 0. The zero-order chi connectivity index (χ0) is 7.15. The van der Waals surface area contributed by atoms with Gasteiger partial charge in [-0.15, -0.1) is 0 Å². The van der Waals surface area contributed by atoms with Gasteiger partial charge in [-0.05, 0) is 0 Å². The standard InChI is InChI=1S/Ba.6O.2Ti.Zr.2H/q+2;;;4*-1;;;+4;2*-1. The molecule has 0 aromatic rings. The number of hydrogen-bond acceptors (Lipinski definition) is 6. The fraction of sp³-hybridized carbons (Fsp3) is 0. The van der Waals surface area contributed by atoms with Crippen LogP contribution in [0.5, 0.6) is 0 Å². The molecule has 0 heterocycles. The quantitative estimate of drug-likeness (QED) is 0.360. The molecule has 0 aliphatic carbocycles. The van der Waals surface area contributed by atoms with Gasteiger partial charge in [0.25, 0.3) is 0 Å². The van der Waals surface area contributed by atoms with Crippen molar-refractivity contribution in [3.63, 3.8) is 0 Å². The van der Waals surface area contributed by atoms with Crippen LogP contribution in [0.15, 0.2) is 0 Å². The first-order chi connectivity index (χ1) is 3.46. The van der Waals surface area contributed by atoms with Crippen molar-refractivity contribution in [3.05, 3.63) is 0 Å². The van der Waals surface area contributed by atoms with Crippen molar-refractivity contribution in [2.75, 3.05) is 0 Å². The molecule has 0 saturated carbocycles. The molecule has 0 aliphatic rings. The van der Waals surface area contributed by atoms with E-state index in [1.165, 1.54) is 0 Å². The molecule has 0 aromatic carbocycles. The molecule has 0 aliphatic heterocycles. The average Bonchev–Trinajstić information content (AvgIpc) is 1.25. The Hall–Kier alpha value is 3.32. The van der Waals surface area contributed by atoms with E-state index in [1.54, 1.807) is 0 Å². The Morgan fingerprint density at radius 1 is 0.900 bits per heavy atom. The van der Waals surface area contributed by atoms with Crippen LogP contribution in [-0.4, -0.2) is 48.9 Å². The summed E-state index contributed by atoms with van der Waals surface area (Å²) in [6.45, 7) is 0. The molecule has 6 nitrogen and oxygen atoms in total. The molecule has 10 heteroatoms. The fourth-order valence-electron chi connectivity index (χ4n) is 0. The summed E-state index contributed by atoms with van der Waals surface area (Å²) in [4.78, 5) is 0. The monoisotopic (exact) mass is 422 g/mol. The predicted octanol–water partition coefficient (Wildman–Crippen LogP) is -5.16. The van der Waals surface area contributed by atoms with Gasteiger partial charge < -0.3 is 2.85 Å². The van der Waals surface area contributed by atoms with Crippen LogP contribution in [-0.2, 0) is 70.1 Å². The Labute approximate surface area is 133 Å². The van der Waals surface area contributed by atoms with E-state index in [4.69, 9.17) is 21.4 Å². The second-order valence-electron chi connectivity index (χ2n) is 0.500. The molecular weight excluding hydrogens is 420 g/mol. The Balaban J connectivity index is -0.0000000112. The summed E-state index contributed by atoms with van der Waals surface area (Å²) in [6.07, 6.45) is 0. The second-order valence-corrected chi connectivity index (χ2v) is 2.06. The summed E-state index contributed by atoms with van der Waals surface area (Å²) in [5.74, 6) is 0. The molecule has 0 amide bonds. The maximum Gasteiger partial charge on any atom is 4.00 e. The van der Waals surface area contributed by atoms with Gasteiger partial charge in [0.15, 0.2) is 0 Å². The van der Waals surface area contributed by atoms with E-state index in [-0.39, 0.29) is 77.9 Å². The second kappa shape index (κ2) is 18.2. The molecule has 10 heavy (non-hydrogen) atoms. The van der Waals surface area contributed by atoms with E-state index in [0.717, 1.165) is 0 Å². The van der Waals surface area contributed by atoms with Gasteiger partial charge in [-0.3, -0.25) is 0 Å². The molecule has 0 bridgehead atoms. The maximum absolute atomic E-state index is 8.58. The Kier molecular flexibility index (Phi) is 42.3. The van der Waals surface area contributed by atoms with Crippen LogP contribution in [0.25, 0.3) is 0 Å². The van der Waals surface area contributed by atoms with Crippen molar-refractivity contribution in [1.82, 2.24) is 0 Å². The van der Waals surface area contributed by atoms with E-state index in [2.05, 4.69) is 0 Å². The van der Waals surface area contributed by atoms with Crippen molar-refractivity contribution in [2.24, 2.45) is 0 Å². The van der Waals surface area contributed by atoms with Crippen LogP contribution in [0.2, 0.25) is 0 Å². The molecule has 0 saturated heterocycles. The smallest absolute Gasteiger partial charge is 4.00 e. The molecule has 0 unspecified atom stereocenters. The first kappa shape index (κ1) is 23.3. The first-order valence-corrected chi connectivity index (χ1v) is 5.05. The SMILES string of the molecule is [Ba+2].[H-].[H-].[O]=[Ti]([O-])[O-].[O]=[Ti]([O-])[O-].[Zr+4]. The minimum atomic E-state index is -4.08. The molecule has 52 valence electrons. The van der Waals surface area contributed by atoms with Crippen LogP contribution >= 0.6 is 0 Å². The van der Waals surface area contributed by atoms with Crippen molar-refractivity contribution in [2.45, 2.75) is 0 Å². The summed E-state index contributed by atoms with van der Waals surface area (Å²) in [6, 6.07) is 0. The van der Waals surface area contributed by atoms with E-state index in [9.17, 15) is 0 Å².